The minimum absolute atomic E-state index is 0.00706. The highest BCUT2D eigenvalue weighted by atomic mass is 35.5. The lowest BCUT2D eigenvalue weighted by Gasteiger charge is -2.39. The van der Waals surface area contributed by atoms with Crippen LogP contribution in [0, 0.1) is 0 Å². The van der Waals surface area contributed by atoms with E-state index in [1.54, 1.807) is 29.2 Å². The minimum atomic E-state index is -3.83. The van der Waals surface area contributed by atoms with Crippen LogP contribution in [0.15, 0.2) is 47.4 Å². The number of rotatable bonds is 5. The fourth-order valence-electron chi connectivity index (χ4n) is 4.43. The second-order valence-corrected chi connectivity index (χ2v) is 10.2. The number of anilines is 1. The lowest BCUT2D eigenvalue weighted by atomic mass is 9.64. The topological polar surface area (TPSA) is 107 Å². The molecule has 4 rings (SSSR count). The summed E-state index contributed by atoms with van der Waals surface area (Å²) < 4.78 is 28.7. The fourth-order valence-corrected chi connectivity index (χ4v) is 5.18. The van der Waals surface area contributed by atoms with Crippen molar-refractivity contribution in [3.8, 4) is 0 Å². The first kappa shape index (κ1) is 21.8. The number of fused-ring (bicyclic) bond motifs is 1. The molecule has 1 atom stereocenters. The molecule has 2 aromatic rings. The van der Waals surface area contributed by atoms with Gasteiger partial charge in [0.25, 0.3) is 5.91 Å². The molecule has 2 aromatic carbocycles. The van der Waals surface area contributed by atoms with Crippen LogP contribution in [0.1, 0.15) is 37.3 Å². The molecule has 0 bridgehead atoms. The van der Waals surface area contributed by atoms with Crippen LogP contribution in [0.25, 0.3) is 0 Å². The van der Waals surface area contributed by atoms with Gasteiger partial charge in [0.05, 0.1) is 10.3 Å². The Bertz CT molecular complexity index is 1160. The molecule has 1 aliphatic carbocycles. The number of benzene rings is 2. The second kappa shape index (κ2) is 7.93. The Morgan fingerprint density at radius 3 is 2.58 bits per heavy atom. The van der Waals surface area contributed by atoms with Gasteiger partial charge in [0, 0.05) is 16.8 Å². The maximum absolute atomic E-state index is 12.9. The molecular weight excluding hydrogens is 440 g/mol. The van der Waals surface area contributed by atoms with Crippen molar-refractivity contribution < 1.29 is 22.7 Å². The second-order valence-electron chi connectivity index (χ2n) is 8.17. The molecular formula is C22H23ClN2O5S. The van der Waals surface area contributed by atoms with Gasteiger partial charge >= 0.3 is 5.97 Å². The number of halogens is 1. The number of sulfonamides is 1. The lowest BCUT2D eigenvalue weighted by Crippen LogP contribution is -2.46. The van der Waals surface area contributed by atoms with Crippen molar-refractivity contribution in [2.45, 2.75) is 49.0 Å². The Labute approximate surface area is 186 Å². The van der Waals surface area contributed by atoms with Crippen molar-refractivity contribution in [2.75, 3.05) is 11.5 Å². The van der Waals surface area contributed by atoms with Gasteiger partial charge in [-0.05, 0) is 67.6 Å². The molecule has 1 aliphatic heterocycles. The Morgan fingerprint density at radius 2 is 1.97 bits per heavy atom. The van der Waals surface area contributed by atoms with Crippen LogP contribution in [0.4, 0.5) is 5.69 Å². The Balaban J connectivity index is 1.49. The molecule has 7 nitrogen and oxygen atoms in total. The molecule has 0 aromatic heterocycles. The van der Waals surface area contributed by atoms with Gasteiger partial charge < -0.3 is 9.64 Å². The van der Waals surface area contributed by atoms with Crippen LogP contribution < -0.4 is 10.0 Å². The maximum Gasteiger partial charge on any atom is 0.317 e. The van der Waals surface area contributed by atoms with E-state index >= 15 is 0 Å². The van der Waals surface area contributed by atoms with Gasteiger partial charge in [-0.1, -0.05) is 30.2 Å². The summed E-state index contributed by atoms with van der Waals surface area (Å²) in [5.74, 6) is -0.783. The highest BCUT2D eigenvalue weighted by Gasteiger charge is 2.47. The third-order valence-electron chi connectivity index (χ3n) is 6.17. The van der Waals surface area contributed by atoms with Gasteiger partial charge in [0.2, 0.25) is 10.0 Å². The molecule has 0 radical (unpaired) electrons. The molecule has 1 heterocycles. The van der Waals surface area contributed by atoms with Crippen LogP contribution in [-0.4, -0.2) is 32.9 Å². The number of primary sulfonamides is 1. The summed E-state index contributed by atoms with van der Waals surface area (Å²) in [4.78, 5) is 27.4. The molecule has 31 heavy (non-hydrogen) atoms. The van der Waals surface area contributed by atoms with E-state index in [-0.39, 0.29) is 23.5 Å². The molecule has 2 aliphatic rings. The Hall–Kier alpha value is -2.42. The Kier molecular flexibility index (Phi) is 5.57. The first-order chi connectivity index (χ1) is 14.6. The highest BCUT2D eigenvalue weighted by Crippen LogP contribution is 2.45. The number of nitrogens with zero attached hydrogens (tertiary/aromatic N) is 1. The smallest absolute Gasteiger partial charge is 0.317 e. The van der Waals surface area contributed by atoms with Crippen LogP contribution in [-0.2, 0) is 36.2 Å². The zero-order valence-corrected chi connectivity index (χ0v) is 18.6. The first-order valence-electron chi connectivity index (χ1n) is 10.0. The number of hydrogen-bond acceptors (Lipinski definition) is 5. The number of carbonyl (C=O) groups excluding carboxylic acids is 2. The van der Waals surface area contributed by atoms with Gasteiger partial charge in [0.1, 0.15) is 0 Å². The fraction of sp³-hybridized carbons (Fsp3) is 0.364. The van der Waals surface area contributed by atoms with E-state index < -0.39 is 21.4 Å². The summed E-state index contributed by atoms with van der Waals surface area (Å²) in [6, 6.07) is 11.4. The number of amides is 1. The van der Waals surface area contributed by atoms with E-state index in [1.807, 2.05) is 13.0 Å². The van der Waals surface area contributed by atoms with E-state index in [1.165, 1.54) is 12.1 Å². The van der Waals surface area contributed by atoms with Gasteiger partial charge in [-0.25, -0.2) is 13.6 Å². The molecule has 2 N–H and O–H groups in total. The SMILES string of the molecule is CC1Cc2cc(S(N)(=O)=O)ccc2N1C(=O)COC(=O)C1(c2cccc(Cl)c2)CCC1. The first-order valence-corrected chi connectivity index (χ1v) is 12.0. The predicted octanol–water partition coefficient (Wildman–Crippen LogP) is 2.93. The third kappa shape index (κ3) is 3.95. The van der Waals surface area contributed by atoms with E-state index in [0.29, 0.717) is 35.5 Å². The summed E-state index contributed by atoms with van der Waals surface area (Å²) >= 11 is 6.10. The van der Waals surface area contributed by atoms with E-state index in [2.05, 4.69) is 0 Å². The van der Waals surface area contributed by atoms with Crippen LogP contribution in [0.3, 0.4) is 0 Å². The molecule has 0 spiro atoms. The zero-order chi connectivity index (χ0) is 22.4. The molecule has 9 heteroatoms. The monoisotopic (exact) mass is 462 g/mol. The van der Waals surface area contributed by atoms with Crippen LogP contribution in [0.2, 0.25) is 5.02 Å². The normalized spacial score (nSPS) is 19.5. The van der Waals surface area contributed by atoms with Crippen molar-refractivity contribution in [1.82, 2.24) is 0 Å². The molecule has 164 valence electrons. The number of ether oxygens (including phenoxy) is 1. The summed E-state index contributed by atoms with van der Waals surface area (Å²) in [7, 11) is -3.83. The number of carbonyl (C=O) groups is 2. The molecule has 1 fully saturated rings. The average molecular weight is 463 g/mol. The summed E-state index contributed by atoms with van der Waals surface area (Å²) in [5.41, 5.74) is 1.37. The van der Waals surface area contributed by atoms with Gasteiger partial charge in [-0.2, -0.15) is 0 Å². The van der Waals surface area contributed by atoms with Crippen molar-refractivity contribution >= 4 is 39.2 Å². The lowest BCUT2D eigenvalue weighted by molar-refractivity contribution is -0.157. The number of nitrogens with two attached hydrogens (primary N) is 1. The standard InChI is InChI=1S/C22H23ClN2O5S/c1-14-10-15-11-18(31(24,28)29)6-7-19(15)25(14)20(26)13-30-21(27)22(8-3-9-22)16-4-2-5-17(23)12-16/h2,4-7,11-12,14H,3,8-10,13H2,1H3,(H2,24,28,29). The quantitative estimate of drug-likeness (QED) is 0.687. The minimum Gasteiger partial charge on any atom is -0.455 e. The van der Waals surface area contributed by atoms with E-state index in [0.717, 1.165) is 12.0 Å². The van der Waals surface area contributed by atoms with Crippen LogP contribution in [0.5, 0.6) is 0 Å². The van der Waals surface area contributed by atoms with Gasteiger partial charge in [0.15, 0.2) is 6.61 Å². The molecule has 1 unspecified atom stereocenters. The zero-order valence-electron chi connectivity index (χ0n) is 17.0. The van der Waals surface area contributed by atoms with Gasteiger partial charge in [-0.3, -0.25) is 9.59 Å². The average Bonchev–Trinajstić information content (AvgIpc) is 2.99. The number of esters is 1. The van der Waals surface area contributed by atoms with Crippen LogP contribution >= 0.6 is 11.6 Å². The molecule has 1 saturated carbocycles. The van der Waals surface area contributed by atoms with Crippen molar-refractivity contribution in [3.05, 3.63) is 58.6 Å². The maximum atomic E-state index is 12.9. The largest absolute Gasteiger partial charge is 0.455 e. The van der Waals surface area contributed by atoms with Crippen molar-refractivity contribution in [2.24, 2.45) is 5.14 Å². The van der Waals surface area contributed by atoms with Crippen molar-refractivity contribution in [1.29, 1.82) is 0 Å². The Morgan fingerprint density at radius 1 is 1.23 bits per heavy atom. The number of hydrogen-bond donors (Lipinski definition) is 1. The highest BCUT2D eigenvalue weighted by molar-refractivity contribution is 7.89. The molecule has 0 saturated heterocycles. The summed E-state index contributed by atoms with van der Waals surface area (Å²) in [6.07, 6.45) is 2.70. The van der Waals surface area contributed by atoms with Gasteiger partial charge in [-0.15, -0.1) is 0 Å². The summed E-state index contributed by atoms with van der Waals surface area (Å²) in [5, 5.41) is 5.75. The molecule has 1 amide bonds. The predicted molar refractivity (Wildman–Crippen MR) is 116 cm³/mol. The summed E-state index contributed by atoms with van der Waals surface area (Å²) in [6.45, 7) is 1.47. The van der Waals surface area contributed by atoms with E-state index in [9.17, 15) is 18.0 Å². The third-order valence-corrected chi connectivity index (χ3v) is 7.31. The van der Waals surface area contributed by atoms with E-state index in [4.69, 9.17) is 21.5 Å². The van der Waals surface area contributed by atoms with Crippen molar-refractivity contribution in [3.63, 3.8) is 0 Å².